The topological polar surface area (TPSA) is 69.9 Å². The van der Waals surface area contributed by atoms with E-state index in [1.54, 1.807) is 30.6 Å². The lowest BCUT2D eigenvalue weighted by Gasteiger charge is -2.32. The van der Waals surface area contributed by atoms with Crippen molar-refractivity contribution in [1.29, 1.82) is 0 Å². The molecule has 1 saturated heterocycles. The number of aromatic nitrogens is 1. The van der Waals surface area contributed by atoms with Crippen LogP contribution in [0.1, 0.15) is 28.4 Å². The van der Waals surface area contributed by atoms with Crippen molar-refractivity contribution in [2.45, 2.75) is 13.5 Å². The number of nitrogens with zero attached hydrogens (tertiary/aromatic N) is 2. The van der Waals surface area contributed by atoms with Gasteiger partial charge in [0.2, 0.25) is 5.78 Å². The van der Waals surface area contributed by atoms with Crippen molar-refractivity contribution in [3.63, 3.8) is 0 Å². The minimum Gasteiger partial charge on any atom is -0.872 e. The maximum Gasteiger partial charge on any atom is 0.231 e. The van der Waals surface area contributed by atoms with E-state index in [4.69, 9.17) is 4.74 Å². The average Bonchev–Trinajstić information content (AvgIpc) is 3.01. The third kappa shape index (κ3) is 3.59. The Morgan fingerprint density at radius 3 is 2.81 bits per heavy atom. The van der Waals surface area contributed by atoms with Crippen LogP contribution in [0, 0.1) is 0 Å². The van der Waals surface area contributed by atoms with Crippen molar-refractivity contribution in [1.82, 2.24) is 9.88 Å². The van der Waals surface area contributed by atoms with Crippen LogP contribution in [0.5, 0.6) is 11.5 Å². The number of Topliss-reactive ketones (excluding diaryl/α,β-unsaturated/α-hetero) is 1. The lowest BCUT2D eigenvalue weighted by atomic mass is 10.0. The number of allylic oxidation sites excluding steroid dienone is 1. The molecule has 2 aromatic rings. The highest BCUT2D eigenvalue weighted by molar-refractivity contribution is 6.14. The van der Waals surface area contributed by atoms with Gasteiger partial charge in [-0.1, -0.05) is 24.8 Å². The highest BCUT2D eigenvalue weighted by Crippen LogP contribution is 2.38. The number of ether oxygens (including phenoxy) is 1. The molecule has 0 saturated carbocycles. The van der Waals surface area contributed by atoms with Gasteiger partial charge in [-0.25, -0.2) is 0 Å². The Bertz CT molecular complexity index is 872. The maximum absolute atomic E-state index is 12.7. The first-order valence-electron chi connectivity index (χ1n) is 9.38. The molecular formula is C21H23N3O3. The summed E-state index contributed by atoms with van der Waals surface area (Å²) in [5.41, 5.74) is 1.88. The Balaban J connectivity index is 1.59. The number of pyridine rings is 1. The average molecular weight is 365 g/mol. The second kappa shape index (κ2) is 7.50. The molecule has 2 aliphatic rings. The number of nitrogens with one attached hydrogen (secondary N) is 1. The number of carbonyl (C=O) groups excluding carboxylic acids is 1. The van der Waals surface area contributed by atoms with Crippen molar-refractivity contribution in [3.8, 4) is 11.5 Å². The van der Waals surface area contributed by atoms with Gasteiger partial charge >= 0.3 is 0 Å². The van der Waals surface area contributed by atoms with Gasteiger partial charge in [0.15, 0.2) is 5.76 Å². The van der Waals surface area contributed by atoms with Crippen molar-refractivity contribution >= 4 is 11.9 Å². The van der Waals surface area contributed by atoms with Gasteiger partial charge in [0.25, 0.3) is 0 Å². The fourth-order valence-electron chi connectivity index (χ4n) is 3.68. The molecule has 2 aliphatic heterocycles. The number of likely N-dealkylation sites (N-methyl/N-ethyl adjacent to an activating group) is 1. The zero-order valence-corrected chi connectivity index (χ0v) is 15.4. The molecule has 1 aromatic heterocycles. The molecule has 0 unspecified atom stereocenters. The van der Waals surface area contributed by atoms with Gasteiger partial charge in [-0.3, -0.25) is 14.7 Å². The molecule has 0 atom stereocenters. The van der Waals surface area contributed by atoms with Crippen molar-refractivity contribution < 1.29 is 19.5 Å². The zero-order chi connectivity index (χ0) is 18.8. The van der Waals surface area contributed by atoms with Crippen molar-refractivity contribution in [3.05, 3.63) is 59.1 Å². The number of quaternary nitrogens is 1. The number of hydrogen-bond acceptors (Lipinski definition) is 5. The van der Waals surface area contributed by atoms with E-state index in [9.17, 15) is 9.90 Å². The van der Waals surface area contributed by atoms with Crippen LogP contribution in [-0.2, 0) is 6.54 Å². The van der Waals surface area contributed by atoms with E-state index in [1.165, 1.54) is 11.0 Å². The number of carbonyl (C=O) groups is 1. The van der Waals surface area contributed by atoms with Gasteiger partial charge < -0.3 is 14.7 Å². The highest BCUT2D eigenvalue weighted by Gasteiger charge is 2.31. The Labute approximate surface area is 158 Å². The van der Waals surface area contributed by atoms with Gasteiger partial charge in [-0.15, -0.1) is 0 Å². The number of benzene rings is 1. The minimum absolute atomic E-state index is 0.0606. The van der Waals surface area contributed by atoms with E-state index >= 15 is 0 Å². The Hall–Kier alpha value is -2.70. The predicted octanol–water partition coefficient (Wildman–Crippen LogP) is 0.492. The summed E-state index contributed by atoms with van der Waals surface area (Å²) in [6.45, 7) is 7.85. The summed E-state index contributed by atoms with van der Waals surface area (Å²) < 4.78 is 5.88. The van der Waals surface area contributed by atoms with Crippen LogP contribution in [0.25, 0.3) is 6.08 Å². The van der Waals surface area contributed by atoms with Gasteiger partial charge in [-0.2, -0.15) is 0 Å². The zero-order valence-electron chi connectivity index (χ0n) is 15.4. The Kier molecular flexibility index (Phi) is 4.92. The highest BCUT2D eigenvalue weighted by atomic mass is 16.5. The molecule has 3 heterocycles. The fourth-order valence-corrected chi connectivity index (χ4v) is 3.68. The van der Waals surface area contributed by atoms with E-state index in [2.05, 4.69) is 16.8 Å². The molecule has 6 nitrogen and oxygen atoms in total. The summed E-state index contributed by atoms with van der Waals surface area (Å²) in [6.07, 6.45) is 5.03. The first-order chi connectivity index (χ1) is 13.2. The molecule has 27 heavy (non-hydrogen) atoms. The number of ketones is 1. The van der Waals surface area contributed by atoms with Crippen molar-refractivity contribution in [2.24, 2.45) is 0 Å². The van der Waals surface area contributed by atoms with Gasteiger partial charge in [0.05, 0.1) is 18.7 Å². The maximum atomic E-state index is 12.7. The number of piperazine rings is 1. The molecule has 140 valence electrons. The quantitative estimate of drug-likeness (QED) is 0.799. The summed E-state index contributed by atoms with van der Waals surface area (Å²) in [5, 5.41) is 12.5. The van der Waals surface area contributed by atoms with Crippen LogP contribution < -0.4 is 14.7 Å². The van der Waals surface area contributed by atoms with Crippen molar-refractivity contribution in [2.75, 3.05) is 32.7 Å². The summed E-state index contributed by atoms with van der Waals surface area (Å²) in [4.78, 5) is 20.5. The lowest BCUT2D eigenvalue weighted by Crippen LogP contribution is -3.13. The standard InChI is InChI=1S/C21H23N3O3/c1-2-23-8-10-24(11-9-23)14-17-18(25)6-5-16-20(26)19(27-21(16)17)12-15-4-3-7-22-13-15/h3-7,12-13,25H,2,8-11,14H2,1H3. The van der Waals surface area contributed by atoms with E-state index < -0.39 is 0 Å². The van der Waals surface area contributed by atoms with Gasteiger partial charge in [0.1, 0.15) is 12.3 Å². The molecule has 1 fully saturated rings. The second-order valence-corrected chi connectivity index (χ2v) is 7.01. The lowest BCUT2D eigenvalue weighted by molar-refractivity contribution is -0.918. The van der Waals surface area contributed by atoms with Gasteiger partial charge in [0, 0.05) is 31.0 Å². The third-order valence-corrected chi connectivity index (χ3v) is 5.32. The second-order valence-electron chi connectivity index (χ2n) is 7.01. The Morgan fingerprint density at radius 2 is 2.11 bits per heavy atom. The Morgan fingerprint density at radius 1 is 1.30 bits per heavy atom. The number of rotatable bonds is 4. The molecule has 0 amide bonds. The summed E-state index contributed by atoms with van der Waals surface area (Å²) in [5.74, 6) is 0.444. The van der Waals surface area contributed by atoms with E-state index in [-0.39, 0.29) is 17.3 Å². The summed E-state index contributed by atoms with van der Waals surface area (Å²) in [7, 11) is 0. The normalized spacial score (nSPS) is 19.3. The predicted molar refractivity (Wildman–Crippen MR) is 99.6 cm³/mol. The van der Waals surface area contributed by atoms with Crippen LogP contribution >= 0.6 is 0 Å². The summed E-state index contributed by atoms with van der Waals surface area (Å²) >= 11 is 0. The molecule has 4 rings (SSSR count). The summed E-state index contributed by atoms with van der Waals surface area (Å²) in [6, 6.07) is 6.73. The number of fused-ring (bicyclic) bond motifs is 1. The molecule has 0 bridgehead atoms. The number of hydrogen-bond donors (Lipinski definition) is 1. The first kappa shape index (κ1) is 17.7. The largest absolute Gasteiger partial charge is 0.872 e. The van der Waals surface area contributed by atoms with Crippen LogP contribution in [0.4, 0.5) is 0 Å². The van der Waals surface area contributed by atoms with Crippen LogP contribution in [0.3, 0.4) is 0 Å². The molecule has 1 aromatic carbocycles. The third-order valence-electron chi connectivity index (χ3n) is 5.32. The molecule has 6 heteroatoms. The van der Waals surface area contributed by atoms with E-state index in [1.807, 2.05) is 6.07 Å². The molecular weight excluding hydrogens is 342 g/mol. The monoisotopic (exact) mass is 365 g/mol. The first-order valence-corrected chi connectivity index (χ1v) is 9.38. The van der Waals surface area contributed by atoms with E-state index in [0.717, 1.165) is 38.3 Å². The van der Waals surface area contributed by atoms with E-state index in [0.29, 0.717) is 23.4 Å². The van der Waals surface area contributed by atoms with Crippen LogP contribution in [0.15, 0.2) is 42.4 Å². The SMILES string of the molecule is CCN1CC[NH+](Cc2c([O-])ccc3c2OC(=Cc2cccnc2)C3=O)CC1. The minimum atomic E-state index is -0.180. The smallest absolute Gasteiger partial charge is 0.231 e. The molecule has 0 spiro atoms. The van der Waals surface area contributed by atoms with Crippen LogP contribution in [0.2, 0.25) is 0 Å². The molecule has 0 radical (unpaired) electrons. The molecule has 0 aliphatic carbocycles. The van der Waals surface area contributed by atoms with Crippen LogP contribution in [-0.4, -0.2) is 48.4 Å². The fraction of sp³-hybridized carbons (Fsp3) is 0.333. The molecule has 1 N–H and O–H groups in total. The van der Waals surface area contributed by atoms with Gasteiger partial charge in [-0.05, 0) is 30.3 Å².